The van der Waals surface area contributed by atoms with E-state index in [1.165, 1.54) is 5.32 Å². The standard InChI is InChI=1S/C26H13Cl3F9N3O3/c27-11-7-14(32)16(6-9(11)22(42)39-15-4-3-13(31)20(19(15)33)41-24(44)21(34)35)40-23(43)18-17(25(18,28)29)8-1-2-12(30)10(5-8)26(36,37)38/h1-7,17-18,21H,(H,39,42)(H,40,43)(H,41,44)/t17-,18+/m0/s1. The van der Waals surface area contributed by atoms with Crippen LogP contribution in [-0.2, 0) is 15.8 Å². The molecule has 0 saturated heterocycles. The first-order valence-corrected chi connectivity index (χ1v) is 12.9. The fourth-order valence-corrected chi connectivity index (χ4v) is 5.25. The molecule has 0 spiro atoms. The first-order chi connectivity index (χ1) is 20.3. The van der Waals surface area contributed by atoms with Gasteiger partial charge in [0.25, 0.3) is 11.8 Å². The van der Waals surface area contributed by atoms with Gasteiger partial charge in [0, 0.05) is 5.92 Å². The maximum atomic E-state index is 14.7. The number of anilines is 3. The van der Waals surface area contributed by atoms with E-state index in [-0.39, 0.29) is 5.56 Å². The van der Waals surface area contributed by atoms with Crippen molar-refractivity contribution in [2.75, 3.05) is 16.0 Å². The van der Waals surface area contributed by atoms with Gasteiger partial charge in [0.1, 0.15) is 27.5 Å². The first kappa shape index (κ1) is 33.2. The van der Waals surface area contributed by atoms with Crippen LogP contribution < -0.4 is 16.0 Å². The number of rotatable bonds is 7. The predicted molar refractivity (Wildman–Crippen MR) is 141 cm³/mol. The van der Waals surface area contributed by atoms with Gasteiger partial charge in [-0.15, -0.1) is 23.2 Å². The third kappa shape index (κ3) is 6.54. The highest BCUT2D eigenvalue weighted by Crippen LogP contribution is 2.65. The van der Waals surface area contributed by atoms with E-state index in [1.807, 2.05) is 5.32 Å². The minimum atomic E-state index is -5.07. The lowest BCUT2D eigenvalue weighted by molar-refractivity contribution is -0.140. The third-order valence-corrected chi connectivity index (χ3v) is 7.59. The summed E-state index contributed by atoms with van der Waals surface area (Å²) in [6.45, 7) is 0. The molecule has 0 aliphatic heterocycles. The SMILES string of the molecule is O=C(Nc1ccc(F)c(NC(=O)C(F)F)c1F)c1cc(NC(=O)[C@H]2[C@H](c3ccc(F)c(C(F)(F)F)c3)C2(Cl)Cl)c(F)cc1Cl. The normalized spacial score (nSPS) is 17.3. The van der Waals surface area contributed by atoms with Gasteiger partial charge in [-0.05, 0) is 42.0 Å². The van der Waals surface area contributed by atoms with Crippen molar-refractivity contribution in [3.8, 4) is 0 Å². The van der Waals surface area contributed by atoms with E-state index in [2.05, 4.69) is 5.32 Å². The molecule has 4 rings (SSSR count). The van der Waals surface area contributed by atoms with Crippen molar-refractivity contribution in [3.63, 3.8) is 0 Å². The molecule has 1 aliphatic rings. The highest BCUT2D eigenvalue weighted by molar-refractivity contribution is 6.53. The Hall–Kier alpha value is -3.69. The lowest BCUT2D eigenvalue weighted by Crippen LogP contribution is -2.22. The van der Waals surface area contributed by atoms with Crippen molar-refractivity contribution in [2.45, 2.75) is 22.9 Å². The van der Waals surface area contributed by atoms with E-state index in [0.29, 0.717) is 36.4 Å². The Morgan fingerprint density at radius 2 is 1.45 bits per heavy atom. The van der Waals surface area contributed by atoms with Gasteiger partial charge in [0.2, 0.25) is 5.91 Å². The second kappa shape index (κ2) is 12.0. The first-order valence-electron chi connectivity index (χ1n) is 11.8. The van der Waals surface area contributed by atoms with Gasteiger partial charge in [0.15, 0.2) is 5.82 Å². The molecule has 44 heavy (non-hydrogen) atoms. The Morgan fingerprint density at radius 3 is 2.07 bits per heavy atom. The largest absolute Gasteiger partial charge is 0.419 e. The number of benzene rings is 3. The lowest BCUT2D eigenvalue weighted by Gasteiger charge is -2.14. The van der Waals surface area contributed by atoms with Crippen molar-refractivity contribution in [3.05, 3.63) is 87.4 Å². The lowest BCUT2D eigenvalue weighted by atomic mass is 10.0. The molecule has 3 N–H and O–H groups in total. The van der Waals surface area contributed by atoms with Gasteiger partial charge >= 0.3 is 12.6 Å². The number of amides is 3. The summed E-state index contributed by atoms with van der Waals surface area (Å²) in [5, 5.41) is 4.75. The highest BCUT2D eigenvalue weighted by atomic mass is 35.5. The number of alkyl halides is 7. The molecule has 1 saturated carbocycles. The van der Waals surface area contributed by atoms with E-state index in [9.17, 15) is 53.9 Å². The second-order valence-electron chi connectivity index (χ2n) is 9.20. The van der Waals surface area contributed by atoms with E-state index in [0.717, 1.165) is 6.07 Å². The van der Waals surface area contributed by atoms with Crippen LogP contribution in [0.4, 0.5) is 56.6 Å². The monoisotopic (exact) mass is 691 g/mol. The van der Waals surface area contributed by atoms with Gasteiger partial charge in [-0.2, -0.15) is 22.0 Å². The van der Waals surface area contributed by atoms with Gasteiger partial charge in [0.05, 0.1) is 33.4 Å². The van der Waals surface area contributed by atoms with Gasteiger partial charge in [-0.25, -0.2) is 17.6 Å². The van der Waals surface area contributed by atoms with Gasteiger partial charge < -0.3 is 16.0 Å². The average molecular weight is 693 g/mol. The summed E-state index contributed by atoms with van der Waals surface area (Å²) in [4.78, 5) is 36.9. The molecule has 0 bridgehead atoms. The van der Waals surface area contributed by atoms with Crippen LogP contribution in [-0.4, -0.2) is 28.5 Å². The fraction of sp³-hybridized carbons (Fsp3) is 0.192. The molecule has 0 unspecified atom stereocenters. The number of hydrogen-bond acceptors (Lipinski definition) is 3. The van der Waals surface area contributed by atoms with Gasteiger partial charge in [-0.3, -0.25) is 14.4 Å². The minimum Gasteiger partial charge on any atom is -0.323 e. The molecular formula is C26H13Cl3F9N3O3. The fourth-order valence-electron chi connectivity index (χ4n) is 4.18. The quantitative estimate of drug-likeness (QED) is 0.174. The summed E-state index contributed by atoms with van der Waals surface area (Å²) in [7, 11) is 0. The molecule has 0 radical (unpaired) electrons. The molecule has 3 aromatic rings. The van der Waals surface area contributed by atoms with Crippen LogP contribution in [0.1, 0.15) is 27.4 Å². The van der Waals surface area contributed by atoms with Crippen molar-refractivity contribution in [1.29, 1.82) is 0 Å². The van der Waals surface area contributed by atoms with Crippen molar-refractivity contribution in [2.24, 2.45) is 5.92 Å². The van der Waals surface area contributed by atoms with Crippen molar-refractivity contribution in [1.82, 2.24) is 0 Å². The summed E-state index contributed by atoms with van der Waals surface area (Å²) < 4.78 is 120. The molecule has 1 fully saturated rings. The van der Waals surface area contributed by atoms with Crippen LogP contribution in [0, 0.1) is 29.2 Å². The number of carbonyl (C=O) groups excluding carboxylic acids is 3. The number of nitrogens with one attached hydrogen (secondary N) is 3. The Bertz CT molecular complexity index is 1690. The maximum absolute atomic E-state index is 14.7. The van der Waals surface area contributed by atoms with Crippen LogP contribution in [0.3, 0.4) is 0 Å². The van der Waals surface area contributed by atoms with E-state index in [1.54, 1.807) is 0 Å². The van der Waals surface area contributed by atoms with Crippen molar-refractivity contribution >= 4 is 69.6 Å². The van der Waals surface area contributed by atoms with Gasteiger partial charge in [-0.1, -0.05) is 17.7 Å². The van der Waals surface area contributed by atoms with E-state index >= 15 is 0 Å². The smallest absolute Gasteiger partial charge is 0.323 e. The zero-order valence-corrected chi connectivity index (χ0v) is 23.3. The topological polar surface area (TPSA) is 87.3 Å². The number of carbonyl (C=O) groups is 3. The molecule has 6 nitrogen and oxygen atoms in total. The molecule has 234 valence electrons. The van der Waals surface area contributed by atoms with Crippen LogP contribution in [0.5, 0.6) is 0 Å². The van der Waals surface area contributed by atoms with E-state index < -0.39 is 103 Å². The molecule has 3 amide bonds. The summed E-state index contributed by atoms with van der Waals surface area (Å²) in [6.07, 6.45) is -8.70. The Morgan fingerprint density at radius 1 is 0.818 bits per heavy atom. The second-order valence-corrected chi connectivity index (χ2v) is 11.0. The summed E-state index contributed by atoms with van der Waals surface area (Å²) in [6, 6.07) is 4.34. The molecule has 3 aromatic carbocycles. The summed E-state index contributed by atoms with van der Waals surface area (Å²) >= 11 is 18.2. The number of halogens is 12. The zero-order valence-electron chi connectivity index (χ0n) is 21.0. The molecule has 0 aromatic heterocycles. The molecule has 18 heteroatoms. The van der Waals surface area contributed by atoms with E-state index in [4.69, 9.17) is 34.8 Å². The molecular weight excluding hydrogens is 680 g/mol. The third-order valence-electron chi connectivity index (χ3n) is 6.34. The zero-order chi connectivity index (χ0) is 32.9. The summed E-state index contributed by atoms with van der Waals surface area (Å²) in [5.41, 5.74) is -5.32. The average Bonchev–Trinajstić information content (AvgIpc) is 3.50. The molecule has 0 heterocycles. The predicted octanol–water partition coefficient (Wildman–Crippen LogP) is 7.90. The van der Waals surface area contributed by atoms with Crippen LogP contribution in [0.25, 0.3) is 0 Å². The van der Waals surface area contributed by atoms with Crippen molar-refractivity contribution < 1.29 is 53.9 Å². The Balaban J connectivity index is 1.57. The summed E-state index contributed by atoms with van der Waals surface area (Å²) in [5.74, 6) is -13.1. The highest BCUT2D eigenvalue weighted by Gasteiger charge is 2.67. The Labute approximate surface area is 255 Å². The van der Waals surface area contributed by atoms with Crippen LogP contribution >= 0.6 is 34.8 Å². The Kier molecular flexibility index (Phi) is 9.06. The van der Waals surface area contributed by atoms with Crippen LogP contribution in [0.15, 0.2) is 42.5 Å². The van der Waals surface area contributed by atoms with Crippen LogP contribution in [0.2, 0.25) is 5.02 Å². The molecule has 2 atom stereocenters. The minimum absolute atomic E-state index is 0.244. The molecule has 1 aliphatic carbocycles. The number of hydrogen-bond donors (Lipinski definition) is 3. The maximum Gasteiger partial charge on any atom is 0.419 e.